The quantitative estimate of drug-likeness (QED) is 0.698. The van der Waals surface area contributed by atoms with Gasteiger partial charge in [0.25, 0.3) is 0 Å². The van der Waals surface area contributed by atoms with Crippen molar-refractivity contribution in [2.45, 2.75) is 51.9 Å². The molecule has 0 aliphatic carbocycles. The Balaban J connectivity index is 1.40. The predicted molar refractivity (Wildman–Crippen MR) is 112 cm³/mol. The first-order valence-corrected chi connectivity index (χ1v) is 12.4. The van der Waals surface area contributed by atoms with Crippen LogP contribution in [0.3, 0.4) is 0 Å². The third-order valence-electron chi connectivity index (χ3n) is 6.38. The molecule has 2 heterocycles. The van der Waals surface area contributed by atoms with Crippen LogP contribution in [0.15, 0.2) is 30.3 Å². The average Bonchev–Trinajstić information content (AvgIpc) is 2.73. The van der Waals surface area contributed by atoms with Crippen molar-refractivity contribution in [3.05, 3.63) is 35.9 Å². The zero-order valence-electron chi connectivity index (χ0n) is 17.1. The molecule has 0 atom stereocenters. The molecule has 156 valence electrons. The number of hydrogen-bond acceptors (Lipinski definition) is 3. The maximum Gasteiger partial charge on any atom is 0.222 e. The van der Waals surface area contributed by atoms with Gasteiger partial charge in [-0.3, -0.25) is 4.79 Å². The van der Waals surface area contributed by atoms with Crippen molar-refractivity contribution < 1.29 is 13.2 Å². The second-order valence-corrected chi connectivity index (χ2v) is 10.3. The van der Waals surface area contributed by atoms with E-state index in [-0.39, 0.29) is 11.7 Å². The molecular weight excluding hydrogens is 372 g/mol. The highest BCUT2D eigenvalue weighted by Gasteiger charge is 2.33. The summed E-state index contributed by atoms with van der Waals surface area (Å²) in [6, 6.07) is 10.2. The number of likely N-dealkylation sites (tertiary alicyclic amines) is 1. The van der Waals surface area contributed by atoms with Crippen molar-refractivity contribution in [3.8, 4) is 0 Å². The predicted octanol–water partition coefficient (Wildman–Crippen LogP) is 3.31. The molecular formula is C22H34N2O3S. The standard InChI is InChI=1S/C22H34N2O3S/c1-2-18-28(26,27)24-16-12-21(13-17-24)20-10-14-23(15-11-20)22(25)9-8-19-6-4-3-5-7-19/h3-7,20-21H,2,8-18H2,1H3. The van der Waals surface area contributed by atoms with Crippen LogP contribution in [0.25, 0.3) is 0 Å². The maximum absolute atomic E-state index is 12.5. The average molecular weight is 407 g/mol. The Morgan fingerprint density at radius 2 is 1.54 bits per heavy atom. The van der Waals surface area contributed by atoms with Gasteiger partial charge in [0, 0.05) is 32.6 Å². The van der Waals surface area contributed by atoms with Crippen LogP contribution in [0.4, 0.5) is 0 Å². The monoisotopic (exact) mass is 406 g/mol. The number of benzene rings is 1. The fourth-order valence-corrected chi connectivity index (χ4v) is 6.23. The maximum atomic E-state index is 12.5. The molecule has 2 aliphatic heterocycles. The molecule has 0 spiro atoms. The van der Waals surface area contributed by atoms with E-state index in [1.807, 2.05) is 30.0 Å². The van der Waals surface area contributed by atoms with Crippen LogP contribution >= 0.6 is 0 Å². The molecule has 0 bridgehead atoms. The van der Waals surface area contributed by atoms with Gasteiger partial charge in [0.1, 0.15) is 0 Å². The van der Waals surface area contributed by atoms with Crippen molar-refractivity contribution in [1.29, 1.82) is 0 Å². The largest absolute Gasteiger partial charge is 0.343 e. The molecule has 3 rings (SSSR count). The number of carbonyl (C=O) groups excluding carboxylic acids is 1. The van der Waals surface area contributed by atoms with Crippen LogP contribution in [0, 0.1) is 11.8 Å². The summed E-state index contributed by atoms with van der Waals surface area (Å²) in [5, 5.41) is 0. The minimum absolute atomic E-state index is 0.265. The fourth-order valence-electron chi connectivity index (χ4n) is 4.69. The van der Waals surface area contributed by atoms with E-state index in [9.17, 15) is 13.2 Å². The van der Waals surface area contributed by atoms with E-state index in [0.717, 1.165) is 45.2 Å². The first-order chi connectivity index (χ1) is 13.5. The van der Waals surface area contributed by atoms with E-state index >= 15 is 0 Å². The lowest BCUT2D eigenvalue weighted by Crippen LogP contribution is -2.44. The van der Waals surface area contributed by atoms with E-state index in [2.05, 4.69) is 12.1 Å². The Kier molecular flexibility index (Phi) is 7.52. The van der Waals surface area contributed by atoms with Crippen LogP contribution in [0.1, 0.15) is 51.0 Å². The van der Waals surface area contributed by atoms with Crippen molar-refractivity contribution >= 4 is 15.9 Å². The van der Waals surface area contributed by atoms with Gasteiger partial charge < -0.3 is 4.90 Å². The van der Waals surface area contributed by atoms with Gasteiger partial charge in [0.05, 0.1) is 5.75 Å². The Morgan fingerprint density at radius 1 is 0.964 bits per heavy atom. The lowest BCUT2D eigenvalue weighted by molar-refractivity contribution is -0.132. The minimum Gasteiger partial charge on any atom is -0.343 e. The summed E-state index contributed by atoms with van der Waals surface area (Å²) in [5.41, 5.74) is 1.22. The molecule has 2 saturated heterocycles. The van der Waals surface area contributed by atoms with Gasteiger partial charge >= 0.3 is 0 Å². The zero-order chi connectivity index (χ0) is 20.0. The van der Waals surface area contributed by atoms with Crippen molar-refractivity contribution in [3.63, 3.8) is 0 Å². The summed E-state index contributed by atoms with van der Waals surface area (Å²) in [6.07, 6.45) is 6.13. The molecule has 1 aromatic carbocycles. The molecule has 6 heteroatoms. The topological polar surface area (TPSA) is 57.7 Å². The van der Waals surface area contributed by atoms with Crippen LogP contribution in [-0.4, -0.2) is 55.5 Å². The number of piperidine rings is 2. The molecule has 0 saturated carbocycles. The van der Waals surface area contributed by atoms with E-state index in [1.165, 1.54) is 5.56 Å². The normalized spacial score (nSPS) is 20.4. The summed E-state index contributed by atoms with van der Waals surface area (Å²) in [6.45, 7) is 4.96. The second-order valence-electron chi connectivity index (χ2n) is 8.26. The highest BCUT2D eigenvalue weighted by atomic mass is 32.2. The number of amides is 1. The third kappa shape index (κ3) is 5.57. The number of rotatable bonds is 7. The molecule has 0 unspecified atom stereocenters. The van der Waals surface area contributed by atoms with Crippen LogP contribution in [0.5, 0.6) is 0 Å². The molecule has 0 radical (unpaired) electrons. The Labute approximate surface area is 170 Å². The lowest BCUT2D eigenvalue weighted by atomic mass is 9.79. The Hall–Kier alpha value is -1.40. The van der Waals surface area contributed by atoms with Gasteiger partial charge in [-0.2, -0.15) is 0 Å². The van der Waals surface area contributed by atoms with Gasteiger partial charge in [-0.15, -0.1) is 0 Å². The number of carbonyl (C=O) groups is 1. The van der Waals surface area contributed by atoms with Crippen LogP contribution < -0.4 is 0 Å². The third-order valence-corrected chi connectivity index (χ3v) is 8.46. The lowest BCUT2D eigenvalue weighted by Gasteiger charge is -2.40. The van der Waals surface area contributed by atoms with E-state index < -0.39 is 10.0 Å². The van der Waals surface area contributed by atoms with E-state index in [0.29, 0.717) is 37.8 Å². The highest BCUT2D eigenvalue weighted by molar-refractivity contribution is 7.89. The molecule has 2 aliphatic rings. The number of aryl methyl sites for hydroxylation is 1. The van der Waals surface area contributed by atoms with Gasteiger partial charge in [-0.05, 0) is 55.9 Å². The molecule has 2 fully saturated rings. The van der Waals surface area contributed by atoms with Gasteiger partial charge in [-0.25, -0.2) is 12.7 Å². The van der Waals surface area contributed by atoms with E-state index in [1.54, 1.807) is 4.31 Å². The summed E-state index contributed by atoms with van der Waals surface area (Å²) >= 11 is 0. The SMILES string of the molecule is CCCS(=O)(=O)N1CCC(C2CCN(C(=O)CCc3ccccc3)CC2)CC1. The van der Waals surface area contributed by atoms with E-state index in [4.69, 9.17) is 0 Å². The summed E-state index contributed by atoms with van der Waals surface area (Å²) in [4.78, 5) is 14.5. The molecule has 0 aromatic heterocycles. The number of sulfonamides is 1. The first-order valence-electron chi connectivity index (χ1n) is 10.8. The van der Waals surface area contributed by atoms with Crippen molar-refractivity contribution in [1.82, 2.24) is 9.21 Å². The van der Waals surface area contributed by atoms with Crippen molar-refractivity contribution in [2.75, 3.05) is 31.9 Å². The van der Waals surface area contributed by atoms with Gasteiger partial charge in [0.15, 0.2) is 0 Å². The zero-order valence-corrected chi connectivity index (χ0v) is 17.9. The van der Waals surface area contributed by atoms with Gasteiger partial charge in [0.2, 0.25) is 15.9 Å². The highest BCUT2D eigenvalue weighted by Crippen LogP contribution is 2.33. The molecule has 1 amide bonds. The summed E-state index contributed by atoms with van der Waals surface area (Å²) < 4.78 is 26.2. The smallest absolute Gasteiger partial charge is 0.222 e. The fraction of sp³-hybridized carbons (Fsp3) is 0.682. The summed E-state index contributed by atoms with van der Waals surface area (Å²) in [7, 11) is -3.06. The Bertz CT molecular complexity index is 719. The summed E-state index contributed by atoms with van der Waals surface area (Å²) in [5.74, 6) is 1.77. The molecule has 28 heavy (non-hydrogen) atoms. The first kappa shape index (κ1) is 21.3. The van der Waals surface area contributed by atoms with Crippen molar-refractivity contribution in [2.24, 2.45) is 11.8 Å². The van der Waals surface area contributed by atoms with Crippen LogP contribution in [0.2, 0.25) is 0 Å². The minimum atomic E-state index is -3.06. The molecule has 0 N–H and O–H groups in total. The number of hydrogen-bond donors (Lipinski definition) is 0. The second kappa shape index (κ2) is 9.88. The van der Waals surface area contributed by atoms with Crippen LogP contribution in [-0.2, 0) is 21.2 Å². The van der Waals surface area contributed by atoms with Gasteiger partial charge in [-0.1, -0.05) is 37.3 Å². The molecule has 1 aromatic rings. The Morgan fingerprint density at radius 3 is 2.11 bits per heavy atom. The number of nitrogens with zero attached hydrogens (tertiary/aromatic N) is 2. The molecule has 5 nitrogen and oxygen atoms in total.